The van der Waals surface area contributed by atoms with E-state index in [1.807, 2.05) is 18.2 Å². The van der Waals surface area contributed by atoms with E-state index in [9.17, 15) is 14.9 Å². The molecule has 2 amide bonds. The van der Waals surface area contributed by atoms with Gasteiger partial charge in [-0.3, -0.25) is 14.5 Å². The van der Waals surface area contributed by atoms with Crippen LogP contribution in [0.15, 0.2) is 30.3 Å². The molecule has 34 heavy (non-hydrogen) atoms. The molecular weight excluding hydrogens is 424 g/mol. The Kier molecular flexibility index (Phi) is 8.61. The van der Waals surface area contributed by atoms with E-state index in [4.69, 9.17) is 0 Å². The Morgan fingerprint density at radius 3 is 2.38 bits per heavy atom. The van der Waals surface area contributed by atoms with Crippen molar-refractivity contribution >= 4 is 11.8 Å². The van der Waals surface area contributed by atoms with Gasteiger partial charge in [0.2, 0.25) is 11.8 Å². The molecule has 184 valence electrons. The molecule has 2 atom stereocenters. The van der Waals surface area contributed by atoms with Crippen molar-refractivity contribution in [2.75, 3.05) is 13.1 Å². The van der Waals surface area contributed by atoms with E-state index >= 15 is 0 Å². The zero-order valence-electron chi connectivity index (χ0n) is 20.4. The van der Waals surface area contributed by atoms with Crippen LogP contribution in [-0.4, -0.2) is 41.4 Å². The maximum Gasteiger partial charge on any atom is 0.243 e. The third-order valence-corrected chi connectivity index (χ3v) is 8.08. The maximum absolute atomic E-state index is 13.5. The summed E-state index contributed by atoms with van der Waals surface area (Å²) < 4.78 is 0. The van der Waals surface area contributed by atoms with Crippen molar-refractivity contribution in [1.82, 2.24) is 15.5 Å². The first-order valence-corrected chi connectivity index (χ1v) is 13.4. The first-order valence-electron chi connectivity index (χ1n) is 13.4. The lowest BCUT2D eigenvalue weighted by molar-refractivity contribution is -0.132. The van der Waals surface area contributed by atoms with Crippen LogP contribution in [-0.2, 0) is 16.1 Å². The number of nitrogens with zero attached hydrogens (tertiary/aromatic N) is 2. The maximum atomic E-state index is 13.5. The lowest BCUT2D eigenvalue weighted by Crippen LogP contribution is -2.57. The van der Waals surface area contributed by atoms with Crippen LogP contribution in [0.3, 0.4) is 0 Å². The summed E-state index contributed by atoms with van der Waals surface area (Å²) in [4.78, 5) is 28.8. The molecule has 4 rings (SSSR count). The van der Waals surface area contributed by atoms with E-state index in [0.29, 0.717) is 25.3 Å². The predicted octanol–water partition coefficient (Wildman–Crippen LogP) is 4.31. The summed E-state index contributed by atoms with van der Waals surface area (Å²) in [5.41, 5.74) is 0.309. The second-order valence-electron chi connectivity index (χ2n) is 10.8. The van der Waals surface area contributed by atoms with Gasteiger partial charge in [0.15, 0.2) is 0 Å². The number of nitrogens with one attached hydrogen (secondary N) is 2. The van der Waals surface area contributed by atoms with Crippen LogP contribution in [0.1, 0.15) is 82.6 Å². The molecule has 2 aliphatic carbocycles. The highest BCUT2D eigenvalue weighted by atomic mass is 16.2. The van der Waals surface area contributed by atoms with E-state index in [1.165, 1.54) is 31.2 Å². The molecule has 1 aromatic carbocycles. The van der Waals surface area contributed by atoms with Crippen LogP contribution in [0.25, 0.3) is 0 Å². The van der Waals surface area contributed by atoms with Crippen LogP contribution >= 0.6 is 0 Å². The van der Waals surface area contributed by atoms with Crippen molar-refractivity contribution in [3.63, 3.8) is 0 Å². The smallest absolute Gasteiger partial charge is 0.243 e. The Morgan fingerprint density at radius 2 is 1.71 bits per heavy atom. The van der Waals surface area contributed by atoms with Gasteiger partial charge in [-0.05, 0) is 37.2 Å². The SMILES string of the molecule is N#CC1(NC(=O)C(CC2CCCCC2)NC(=O)C2CCCCC2)CCN(Cc2ccccc2)C1. The molecule has 3 aliphatic rings. The molecule has 1 heterocycles. The molecule has 6 nitrogen and oxygen atoms in total. The Balaban J connectivity index is 1.40. The second kappa shape index (κ2) is 11.8. The largest absolute Gasteiger partial charge is 0.344 e. The zero-order valence-corrected chi connectivity index (χ0v) is 20.4. The fraction of sp³-hybridized carbons (Fsp3) is 0.679. The number of likely N-dealkylation sites (tertiary alicyclic amines) is 1. The molecule has 0 bridgehead atoms. The molecule has 0 spiro atoms. The molecule has 2 unspecified atom stereocenters. The predicted molar refractivity (Wildman–Crippen MR) is 133 cm³/mol. The van der Waals surface area contributed by atoms with Crippen molar-refractivity contribution < 1.29 is 9.59 Å². The summed E-state index contributed by atoms with van der Waals surface area (Å²) in [5, 5.41) is 16.3. The number of nitriles is 1. The Labute approximate surface area is 204 Å². The first kappa shape index (κ1) is 24.7. The third-order valence-electron chi connectivity index (χ3n) is 8.08. The minimum Gasteiger partial charge on any atom is -0.344 e. The van der Waals surface area contributed by atoms with Gasteiger partial charge in [-0.25, -0.2) is 0 Å². The topological polar surface area (TPSA) is 85.2 Å². The molecule has 0 radical (unpaired) electrons. The van der Waals surface area contributed by atoms with Crippen LogP contribution < -0.4 is 10.6 Å². The summed E-state index contributed by atoms with van der Waals surface area (Å²) in [5.74, 6) is 0.331. The van der Waals surface area contributed by atoms with Crippen LogP contribution in [0.5, 0.6) is 0 Å². The third kappa shape index (κ3) is 6.60. The van der Waals surface area contributed by atoms with E-state index in [-0.39, 0.29) is 17.7 Å². The molecule has 1 aliphatic heterocycles. The average Bonchev–Trinajstić information content (AvgIpc) is 3.28. The highest BCUT2D eigenvalue weighted by Gasteiger charge is 2.41. The average molecular weight is 465 g/mol. The van der Waals surface area contributed by atoms with Crippen molar-refractivity contribution in [3.8, 4) is 6.07 Å². The van der Waals surface area contributed by atoms with Gasteiger partial charge in [0.25, 0.3) is 0 Å². The van der Waals surface area contributed by atoms with Gasteiger partial charge in [-0.2, -0.15) is 5.26 Å². The zero-order chi connectivity index (χ0) is 23.8. The molecule has 1 saturated heterocycles. The summed E-state index contributed by atoms with van der Waals surface area (Å²) >= 11 is 0. The molecule has 3 fully saturated rings. The number of amides is 2. The van der Waals surface area contributed by atoms with Gasteiger partial charge in [0.05, 0.1) is 6.07 Å². The summed E-state index contributed by atoms with van der Waals surface area (Å²) in [6.45, 7) is 2.05. The number of rotatable bonds is 8. The minimum atomic E-state index is -0.897. The molecule has 6 heteroatoms. The molecular formula is C28H40N4O2. The molecule has 1 aromatic rings. The number of carbonyl (C=O) groups excluding carboxylic acids is 2. The van der Waals surface area contributed by atoms with E-state index in [1.54, 1.807) is 0 Å². The van der Waals surface area contributed by atoms with E-state index in [0.717, 1.165) is 51.6 Å². The molecule has 2 N–H and O–H groups in total. The van der Waals surface area contributed by atoms with Crippen molar-refractivity contribution in [1.29, 1.82) is 5.26 Å². The van der Waals surface area contributed by atoms with Crippen LogP contribution in [0.2, 0.25) is 0 Å². The molecule has 2 saturated carbocycles. The van der Waals surface area contributed by atoms with Crippen LogP contribution in [0, 0.1) is 23.2 Å². The second-order valence-corrected chi connectivity index (χ2v) is 10.8. The highest BCUT2D eigenvalue weighted by Crippen LogP contribution is 2.29. The van der Waals surface area contributed by atoms with Crippen molar-refractivity contribution in [3.05, 3.63) is 35.9 Å². The number of hydrogen-bond donors (Lipinski definition) is 2. The van der Waals surface area contributed by atoms with Crippen molar-refractivity contribution in [2.45, 2.75) is 95.2 Å². The first-order chi connectivity index (χ1) is 16.6. The lowest BCUT2D eigenvalue weighted by atomic mass is 9.84. The summed E-state index contributed by atoms with van der Waals surface area (Å²) in [6, 6.07) is 12.1. The number of hydrogen-bond acceptors (Lipinski definition) is 4. The monoisotopic (exact) mass is 464 g/mol. The summed E-state index contributed by atoms with van der Waals surface area (Å²) in [7, 11) is 0. The Hall–Kier alpha value is -2.39. The summed E-state index contributed by atoms with van der Waals surface area (Å²) in [6.07, 6.45) is 12.4. The molecule has 0 aromatic heterocycles. The highest BCUT2D eigenvalue weighted by molar-refractivity contribution is 5.89. The van der Waals surface area contributed by atoms with E-state index in [2.05, 4.69) is 33.7 Å². The lowest BCUT2D eigenvalue weighted by Gasteiger charge is -2.31. The van der Waals surface area contributed by atoms with Gasteiger partial charge in [-0.1, -0.05) is 81.7 Å². The van der Waals surface area contributed by atoms with Crippen molar-refractivity contribution in [2.24, 2.45) is 11.8 Å². The van der Waals surface area contributed by atoms with Crippen LogP contribution in [0.4, 0.5) is 0 Å². The minimum absolute atomic E-state index is 0.0215. The number of benzene rings is 1. The van der Waals surface area contributed by atoms with E-state index < -0.39 is 11.6 Å². The van der Waals surface area contributed by atoms with Gasteiger partial charge in [0.1, 0.15) is 11.6 Å². The quantitative estimate of drug-likeness (QED) is 0.600. The normalized spacial score (nSPS) is 25.4. The van der Waals surface area contributed by atoms with Gasteiger partial charge >= 0.3 is 0 Å². The fourth-order valence-corrected chi connectivity index (χ4v) is 6.05. The fourth-order valence-electron chi connectivity index (χ4n) is 6.05. The van der Waals surface area contributed by atoms with Gasteiger partial charge in [0, 0.05) is 25.6 Å². The van der Waals surface area contributed by atoms with Gasteiger partial charge in [-0.15, -0.1) is 0 Å². The standard InChI is InChI=1S/C28H40N4O2/c29-20-28(16-17-32(21-28)19-23-12-6-2-7-13-23)31-27(34)25(18-22-10-4-1-5-11-22)30-26(33)24-14-8-3-9-15-24/h2,6-7,12-13,22,24-25H,1,3-5,8-11,14-19,21H2,(H,30,33)(H,31,34). The van der Waals surface area contributed by atoms with Gasteiger partial charge < -0.3 is 10.6 Å². The Bertz CT molecular complexity index is 855. The number of carbonyl (C=O) groups is 2. The Morgan fingerprint density at radius 1 is 1.03 bits per heavy atom.